The summed E-state index contributed by atoms with van der Waals surface area (Å²) in [5, 5.41) is 11.9. The lowest BCUT2D eigenvalue weighted by Crippen LogP contribution is -2.42. The Hall–Kier alpha value is -2.78. The van der Waals surface area contributed by atoms with E-state index in [1.807, 2.05) is 0 Å². The molecule has 2 aromatic rings. The van der Waals surface area contributed by atoms with Crippen LogP contribution in [0.1, 0.15) is 47.0 Å². The molecule has 2 atom stereocenters. The molecule has 1 saturated heterocycles. The summed E-state index contributed by atoms with van der Waals surface area (Å²) in [5.41, 5.74) is 0.285. The third-order valence-electron chi connectivity index (χ3n) is 5.23. The first kappa shape index (κ1) is 21.9. The van der Waals surface area contributed by atoms with Crippen LogP contribution in [0.4, 0.5) is 4.39 Å². The van der Waals surface area contributed by atoms with Gasteiger partial charge in [0.25, 0.3) is 11.5 Å². The van der Waals surface area contributed by atoms with Crippen LogP contribution in [0.3, 0.4) is 0 Å². The van der Waals surface area contributed by atoms with E-state index < -0.39 is 11.9 Å². The maximum absolute atomic E-state index is 13.3. The Balaban J connectivity index is 1.65. The number of carbonyl (C=O) groups is 1. The Morgan fingerprint density at radius 3 is 2.70 bits per heavy atom. The van der Waals surface area contributed by atoms with Gasteiger partial charge in [0.05, 0.1) is 12.7 Å². The zero-order valence-corrected chi connectivity index (χ0v) is 17.1. The van der Waals surface area contributed by atoms with Crippen molar-refractivity contribution in [1.29, 1.82) is 0 Å². The van der Waals surface area contributed by atoms with E-state index in [1.54, 1.807) is 13.8 Å². The van der Waals surface area contributed by atoms with Gasteiger partial charge in [0.1, 0.15) is 12.0 Å². The van der Waals surface area contributed by atoms with Crippen molar-refractivity contribution in [3.8, 4) is 0 Å². The quantitative estimate of drug-likeness (QED) is 0.658. The van der Waals surface area contributed by atoms with Gasteiger partial charge in [-0.05, 0) is 56.9 Å². The van der Waals surface area contributed by atoms with Crippen molar-refractivity contribution >= 4 is 5.91 Å². The minimum atomic E-state index is -0.512. The van der Waals surface area contributed by atoms with Crippen LogP contribution in [0.15, 0.2) is 34.0 Å². The third kappa shape index (κ3) is 4.68. The van der Waals surface area contributed by atoms with Crippen molar-refractivity contribution in [3.63, 3.8) is 0 Å². The van der Waals surface area contributed by atoms with Gasteiger partial charge in [-0.3, -0.25) is 18.7 Å². The molecule has 162 valence electrons. The molecular weight excluding hydrogens is 393 g/mol. The fraction of sp³-hybridized carbons (Fsp3) is 0.476. The van der Waals surface area contributed by atoms with Gasteiger partial charge in [0.15, 0.2) is 0 Å². The number of amides is 1. The van der Waals surface area contributed by atoms with Crippen LogP contribution in [-0.4, -0.2) is 39.4 Å². The molecule has 0 saturated carbocycles. The van der Waals surface area contributed by atoms with Gasteiger partial charge >= 0.3 is 5.69 Å². The summed E-state index contributed by atoms with van der Waals surface area (Å²) in [6, 6.07) is 4.11. The minimum Gasteiger partial charge on any atom is -0.394 e. The monoisotopic (exact) mass is 419 g/mol. The highest BCUT2D eigenvalue weighted by molar-refractivity contribution is 5.94. The predicted octanol–water partition coefficient (Wildman–Crippen LogP) is 1.26. The van der Waals surface area contributed by atoms with Crippen LogP contribution >= 0.6 is 0 Å². The second kappa shape index (κ2) is 9.36. The molecule has 1 aliphatic heterocycles. The molecule has 9 heteroatoms. The second-order valence-corrected chi connectivity index (χ2v) is 7.50. The molecule has 0 spiro atoms. The average molecular weight is 419 g/mol. The normalized spacial score (nSPS) is 18.5. The average Bonchev–Trinajstić information content (AvgIpc) is 3.21. The van der Waals surface area contributed by atoms with Gasteiger partial charge in [-0.15, -0.1) is 0 Å². The van der Waals surface area contributed by atoms with Gasteiger partial charge < -0.3 is 15.2 Å². The molecule has 0 radical (unpaired) electrons. The maximum atomic E-state index is 13.3. The van der Waals surface area contributed by atoms with Crippen LogP contribution in [-0.2, 0) is 11.3 Å². The number of aliphatic hydroxyl groups is 1. The van der Waals surface area contributed by atoms with Crippen LogP contribution in [0.25, 0.3) is 0 Å². The van der Waals surface area contributed by atoms with E-state index in [2.05, 4.69) is 5.32 Å². The smallest absolute Gasteiger partial charge is 0.333 e. The Labute approximate surface area is 172 Å². The molecular formula is C21H26FN3O5. The summed E-state index contributed by atoms with van der Waals surface area (Å²) in [6.45, 7) is 3.49. The van der Waals surface area contributed by atoms with Crippen molar-refractivity contribution in [2.45, 2.75) is 52.0 Å². The van der Waals surface area contributed by atoms with Gasteiger partial charge in [0, 0.05) is 30.4 Å². The molecule has 8 nitrogen and oxygen atoms in total. The summed E-state index contributed by atoms with van der Waals surface area (Å²) in [6.07, 6.45) is 2.25. The van der Waals surface area contributed by atoms with Gasteiger partial charge in [-0.2, -0.15) is 0 Å². The van der Waals surface area contributed by atoms with Crippen molar-refractivity contribution in [1.82, 2.24) is 14.5 Å². The first-order valence-electron chi connectivity index (χ1n) is 9.95. The molecule has 0 unspecified atom stereocenters. The highest BCUT2D eigenvalue weighted by Gasteiger charge is 2.27. The number of rotatable bonds is 7. The number of aromatic nitrogens is 2. The number of aliphatic hydroxyl groups excluding tert-OH is 1. The Kier molecular flexibility index (Phi) is 6.84. The second-order valence-electron chi connectivity index (χ2n) is 7.50. The summed E-state index contributed by atoms with van der Waals surface area (Å²) < 4.78 is 21.5. The summed E-state index contributed by atoms with van der Waals surface area (Å²) in [4.78, 5) is 37.4. The van der Waals surface area contributed by atoms with Crippen molar-refractivity contribution < 1.29 is 19.0 Å². The van der Waals surface area contributed by atoms with E-state index in [0.717, 1.165) is 4.57 Å². The minimum absolute atomic E-state index is 0.114. The van der Waals surface area contributed by atoms with E-state index in [0.29, 0.717) is 36.0 Å². The lowest BCUT2D eigenvalue weighted by atomic mass is 10.1. The molecule has 2 heterocycles. The van der Waals surface area contributed by atoms with Crippen molar-refractivity contribution in [2.75, 3.05) is 13.2 Å². The van der Waals surface area contributed by atoms with E-state index in [9.17, 15) is 23.9 Å². The summed E-state index contributed by atoms with van der Waals surface area (Å²) >= 11 is 0. The van der Waals surface area contributed by atoms with E-state index in [1.165, 1.54) is 29.0 Å². The highest BCUT2D eigenvalue weighted by Crippen LogP contribution is 2.26. The van der Waals surface area contributed by atoms with Crippen LogP contribution in [0.5, 0.6) is 0 Å². The van der Waals surface area contributed by atoms with E-state index in [4.69, 9.17) is 4.74 Å². The third-order valence-corrected chi connectivity index (χ3v) is 5.23. The molecule has 0 bridgehead atoms. The number of hydrogen-bond acceptors (Lipinski definition) is 5. The molecule has 2 N–H and O–H groups in total. The number of nitrogens with zero attached hydrogens (tertiary/aromatic N) is 2. The fourth-order valence-corrected chi connectivity index (χ4v) is 3.51. The number of benzene rings is 1. The molecule has 3 rings (SSSR count). The Morgan fingerprint density at radius 1 is 1.27 bits per heavy atom. The lowest BCUT2D eigenvalue weighted by Gasteiger charge is -2.18. The van der Waals surface area contributed by atoms with Crippen LogP contribution in [0.2, 0.25) is 0 Å². The predicted molar refractivity (Wildman–Crippen MR) is 108 cm³/mol. The highest BCUT2D eigenvalue weighted by atomic mass is 19.1. The van der Waals surface area contributed by atoms with Crippen molar-refractivity contribution in [3.05, 3.63) is 67.7 Å². The number of halogens is 1. The molecule has 0 aliphatic carbocycles. The Bertz CT molecular complexity index is 1050. The zero-order chi connectivity index (χ0) is 21.8. The van der Waals surface area contributed by atoms with Gasteiger partial charge in [0.2, 0.25) is 0 Å². The molecule has 1 aromatic heterocycles. The van der Waals surface area contributed by atoms with Crippen LogP contribution < -0.4 is 16.6 Å². The maximum Gasteiger partial charge on any atom is 0.333 e. The SMILES string of the molecule is Cc1cc(C(=O)NCCCn2c(=O)c(C)cn([C@H]3CC[C@@H](CO)O3)c2=O)ccc1F. The molecule has 1 aliphatic rings. The molecule has 1 fully saturated rings. The number of carbonyl (C=O) groups excluding carboxylic acids is 1. The standard InChI is InChI=1S/C21H26FN3O5/c1-13-10-15(4-6-17(13)22)19(27)23-8-3-9-24-20(28)14(2)11-25(21(24)29)18-7-5-16(12-26)30-18/h4,6,10-11,16,18,26H,3,5,7-9,12H2,1-2H3,(H,23,27)/t16-,18+/m0/s1. The number of hydrogen-bond donors (Lipinski definition) is 2. The van der Waals surface area contributed by atoms with Gasteiger partial charge in [-0.1, -0.05) is 0 Å². The van der Waals surface area contributed by atoms with E-state index >= 15 is 0 Å². The van der Waals surface area contributed by atoms with Crippen molar-refractivity contribution in [2.24, 2.45) is 0 Å². The first-order valence-corrected chi connectivity index (χ1v) is 9.95. The molecule has 30 heavy (non-hydrogen) atoms. The first-order chi connectivity index (χ1) is 14.3. The lowest BCUT2D eigenvalue weighted by molar-refractivity contribution is -0.0253. The number of aryl methyl sites for hydroxylation is 2. The molecule has 1 aromatic carbocycles. The fourth-order valence-electron chi connectivity index (χ4n) is 3.51. The number of nitrogens with one attached hydrogen (secondary N) is 1. The largest absolute Gasteiger partial charge is 0.394 e. The summed E-state index contributed by atoms with van der Waals surface area (Å²) in [7, 11) is 0. The Morgan fingerprint density at radius 2 is 2.03 bits per heavy atom. The van der Waals surface area contributed by atoms with Crippen LogP contribution in [0, 0.1) is 19.7 Å². The zero-order valence-electron chi connectivity index (χ0n) is 17.1. The topological polar surface area (TPSA) is 103 Å². The molecule has 1 amide bonds. The van der Waals surface area contributed by atoms with Gasteiger partial charge in [-0.25, -0.2) is 9.18 Å². The van der Waals surface area contributed by atoms with E-state index in [-0.39, 0.29) is 43.1 Å². The number of ether oxygens (including phenoxy) is 1. The summed E-state index contributed by atoms with van der Waals surface area (Å²) in [5.74, 6) is -0.722.